The second-order valence-corrected chi connectivity index (χ2v) is 7.58. The molecule has 0 aliphatic heterocycles. The molecule has 2 N–H and O–H groups in total. The van der Waals surface area contributed by atoms with Crippen molar-refractivity contribution in [1.29, 1.82) is 0 Å². The van der Waals surface area contributed by atoms with E-state index < -0.39 is 16.9 Å². The summed E-state index contributed by atoms with van der Waals surface area (Å²) < 4.78 is 0. The second kappa shape index (κ2) is 8.92. The van der Waals surface area contributed by atoms with Crippen LogP contribution in [0.3, 0.4) is 0 Å². The van der Waals surface area contributed by atoms with Crippen LogP contribution in [0, 0.1) is 16.0 Å². The van der Waals surface area contributed by atoms with Crippen LogP contribution in [0.2, 0.25) is 5.02 Å². The van der Waals surface area contributed by atoms with E-state index in [0.29, 0.717) is 5.69 Å². The van der Waals surface area contributed by atoms with Crippen LogP contribution in [0.15, 0.2) is 60.7 Å². The number of benzene rings is 3. The zero-order valence-electron chi connectivity index (χ0n) is 16.4. The van der Waals surface area contributed by atoms with Crippen LogP contribution in [0.4, 0.5) is 11.4 Å². The number of nitro benzene ring substituents is 1. The topological polar surface area (TPSA) is 101 Å². The van der Waals surface area contributed by atoms with Crippen molar-refractivity contribution in [3.63, 3.8) is 0 Å². The first-order valence-corrected chi connectivity index (χ1v) is 9.68. The van der Waals surface area contributed by atoms with Gasteiger partial charge >= 0.3 is 0 Å². The number of amides is 2. The minimum Gasteiger partial charge on any atom is -0.340 e. The van der Waals surface area contributed by atoms with Gasteiger partial charge < -0.3 is 10.6 Å². The van der Waals surface area contributed by atoms with Gasteiger partial charge in [0.15, 0.2) is 0 Å². The van der Waals surface area contributed by atoms with Gasteiger partial charge in [-0.1, -0.05) is 55.8 Å². The Morgan fingerprint density at radius 1 is 1.00 bits per heavy atom. The Bertz CT molecular complexity index is 1130. The van der Waals surface area contributed by atoms with Gasteiger partial charge in [0.2, 0.25) is 5.91 Å². The lowest BCUT2D eigenvalue weighted by atomic mass is 10.0. The van der Waals surface area contributed by atoms with E-state index in [2.05, 4.69) is 10.6 Å². The van der Waals surface area contributed by atoms with E-state index in [1.54, 1.807) is 19.9 Å². The number of nitro groups is 1. The van der Waals surface area contributed by atoms with E-state index in [-0.39, 0.29) is 28.1 Å². The zero-order valence-corrected chi connectivity index (χ0v) is 17.1. The summed E-state index contributed by atoms with van der Waals surface area (Å²) in [5.74, 6) is -1.18. The quantitative estimate of drug-likeness (QED) is 0.437. The number of rotatable bonds is 6. The van der Waals surface area contributed by atoms with Crippen LogP contribution in [0.5, 0.6) is 0 Å². The standard InChI is InChI=1S/C22H20ClN3O4/c1-13(2)20(25-21(27)16-8-10-18(23)19(12-16)26(29)30)22(28)24-17-9-7-14-5-3-4-6-15(14)11-17/h3-13,20H,1-2H3,(H,24,28)(H,25,27)/t20-/m1/s1. The molecule has 8 heteroatoms. The van der Waals surface area contributed by atoms with Crippen LogP contribution >= 0.6 is 11.6 Å². The fourth-order valence-electron chi connectivity index (χ4n) is 3.04. The summed E-state index contributed by atoms with van der Waals surface area (Å²) in [6, 6.07) is 16.2. The van der Waals surface area contributed by atoms with Crippen LogP contribution in [-0.4, -0.2) is 22.8 Å². The van der Waals surface area contributed by atoms with Gasteiger partial charge in [0.25, 0.3) is 11.6 Å². The minimum atomic E-state index is -0.835. The lowest BCUT2D eigenvalue weighted by Crippen LogP contribution is -2.47. The van der Waals surface area contributed by atoms with Crippen molar-refractivity contribution < 1.29 is 14.5 Å². The van der Waals surface area contributed by atoms with E-state index in [1.165, 1.54) is 12.1 Å². The number of carbonyl (C=O) groups excluding carboxylic acids is 2. The van der Waals surface area contributed by atoms with Crippen molar-refractivity contribution >= 4 is 45.6 Å². The van der Waals surface area contributed by atoms with Gasteiger partial charge in [-0.25, -0.2) is 0 Å². The van der Waals surface area contributed by atoms with Crippen molar-refractivity contribution in [3.05, 3.63) is 81.4 Å². The number of anilines is 1. The molecule has 154 valence electrons. The van der Waals surface area contributed by atoms with Crippen LogP contribution in [0.25, 0.3) is 10.8 Å². The maximum atomic E-state index is 12.8. The summed E-state index contributed by atoms with van der Waals surface area (Å²) in [7, 11) is 0. The summed E-state index contributed by atoms with van der Waals surface area (Å²) in [6.07, 6.45) is 0. The lowest BCUT2D eigenvalue weighted by molar-refractivity contribution is -0.384. The fourth-order valence-corrected chi connectivity index (χ4v) is 3.23. The third-order valence-electron chi connectivity index (χ3n) is 4.66. The van der Waals surface area contributed by atoms with E-state index in [0.717, 1.165) is 16.8 Å². The predicted molar refractivity (Wildman–Crippen MR) is 117 cm³/mol. The van der Waals surface area contributed by atoms with Crippen molar-refractivity contribution in [1.82, 2.24) is 5.32 Å². The first-order valence-electron chi connectivity index (χ1n) is 9.30. The van der Waals surface area contributed by atoms with Gasteiger partial charge in [-0.2, -0.15) is 0 Å². The molecule has 0 aromatic heterocycles. The number of hydrogen-bond acceptors (Lipinski definition) is 4. The maximum absolute atomic E-state index is 12.8. The first kappa shape index (κ1) is 21.3. The highest BCUT2D eigenvalue weighted by atomic mass is 35.5. The average Bonchev–Trinajstić information content (AvgIpc) is 2.71. The molecular formula is C22H20ClN3O4. The average molecular weight is 426 g/mol. The molecule has 0 unspecified atom stereocenters. The molecule has 0 saturated carbocycles. The normalized spacial score (nSPS) is 11.9. The van der Waals surface area contributed by atoms with Gasteiger partial charge in [0.1, 0.15) is 11.1 Å². The molecule has 3 rings (SSSR count). The summed E-state index contributed by atoms with van der Waals surface area (Å²) >= 11 is 5.80. The molecule has 0 aliphatic rings. The molecule has 3 aromatic rings. The highest BCUT2D eigenvalue weighted by Gasteiger charge is 2.26. The van der Waals surface area contributed by atoms with Crippen LogP contribution < -0.4 is 10.6 Å². The molecule has 7 nitrogen and oxygen atoms in total. The summed E-state index contributed by atoms with van der Waals surface area (Å²) in [5, 5.41) is 18.5. The third kappa shape index (κ3) is 4.75. The fraction of sp³-hybridized carbons (Fsp3) is 0.182. The number of halogens is 1. The highest BCUT2D eigenvalue weighted by Crippen LogP contribution is 2.25. The molecule has 0 fully saturated rings. The molecule has 3 aromatic carbocycles. The summed E-state index contributed by atoms with van der Waals surface area (Å²) in [6.45, 7) is 3.60. The highest BCUT2D eigenvalue weighted by molar-refractivity contribution is 6.32. The Balaban J connectivity index is 1.77. The molecule has 30 heavy (non-hydrogen) atoms. The maximum Gasteiger partial charge on any atom is 0.288 e. The van der Waals surface area contributed by atoms with Crippen molar-refractivity contribution in [3.8, 4) is 0 Å². The van der Waals surface area contributed by atoms with E-state index in [4.69, 9.17) is 11.6 Å². The largest absolute Gasteiger partial charge is 0.340 e. The van der Waals surface area contributed by atoms with Crippen molar-refractivity contribution in [2.24, 2.45) is 5.92 Å². The Labute approximate surface area is 178 Å². The zero-order chi connectivity index (χ0) is 21.8. The minimum absolute atomic E-state index is 0.0512. The van der Waals surface area contributed by atoms with Gasteiger partial charge in [-0.3, -0.25) is 19.7 Å². The predicted octanol–water partition coefficient (Wildman–Crippen LogP) is 4.79. The SMILES string of the molecule is CC(C)[C@@H](NC(=O)c1ccc(Cl)c([N+](=O)[O-])c1)C(=O)Nc1ccc2ccccc2c1. The molecule has 0 spiro atoms. The second-order valence-electron chi connectivity index (χ2n) is 7.17. The molecule has 0 bridgehead atoms. The molecule has 2 amide bonds. The molecule has 0 saturated heterocycles. The van der Waals surface area contributed by atoms with Gasteiger partial charge in [0.05, 0.1) is 4.92 Å². The smallest absolute Gasteiger partial charge is 0.288 e. The Hall–Kier alpha value is -3.45. The Kier molecular flexibility index (Phi) is 6.32. The number of nitrogens with one attached hydrogen (secondary N) is 2. The number of nitrogens with zero attached hydrogens (tertiary/aromatic N) is 1. The van der Waals surface area contributed by atoms with Gasteiger partial charge in [-0.05, 0) is 41.0 Å². The van der Waals surface area contributed by atoms with E-state index in [1.807, 2.05) is 36.4 Å². The monoisotopic (exact) mass is 425 g/mol. The Morgan fingerprint density at radius 2 is 1.70 bits per heavy atom. The Morgan fingerprint density at radius 3 is 2.37 bits per heavy atom. The van der Waals surface area contributed by atoms with E-state index >= 15 is 0 Å². The van der Waals surface area contributed by atoms with E-state index in [9.17, 15) is 19.7 Å². The molecular weight excluding hydrogens is 406 g/mol. The molecule has 0 heterocycles. The van der Waals surface area contributed by atoms with Gasteiger partial charge in [0, 0.05) is 17.3 Å². The summed E-state index contributed by atoms with van der Waals surface area (Å²) in [4.78, 5) is 35.8. The molecule has 0 aliphatic carbocycles. The number of carbonyl (C=O) groups is 2. The number of fused-ring (bicyclic) bond motifs is 1. The van der Waals surface area contributed by atoms with Gasteiger partial charge in [-0.15, -0.1) is 0 Å². The third-order valence-corrected chi connectivity index (χ3v) is 4.98. The van der Waals surface area contributed by atoms with Crippen molar-refractivity contribution in [2.75, 3.05) is 5.32 Å². The van der Waals surface area contributed by atoms with Crippen LogP contribution in [0.1, 0.15) is 24.2 Å². The molecule has 0 radical (unpaired) electrons. The molecule has 1 atom stereocenters. The first-order chi connectivity index (χ1) is 14.3. The summed E-state index contributed by atoms with van der Waals surface area (Å²) in [5.41, 5.74) is 0.294. The van der Waals surface area contributed by atoms with Crippen LogP contribution in [-0.2, 0) is 4.79 Å². The number of hydrogen-bond donors (Lipinski definition) is 2. The lowest BCUT2D eigenvalue weighted by Gasteiger charge is -2.22. The van der Waals surface area contributed by atoms with Crippen molar-refractivity contribution in [2.45, 2.75) is 19.9 Å².